The Bertz CT molecular complexity index is 722. The summed E-state index contributed by atoms with van der Waals surface area (Å²) in [6.07, 6.45) is 0. The highest BCUT2D eigenvalue weighted by molar-refractivity contribution is 6.41. The molecule has 0 aliphatic heterocycles. The summed E-state index contributed by atoms with van der Waals surface area (Å²) in [5.74, 6) is 0.735. The van der Waals surface area contributed by atoms with E-state index in [4.69, 9.17) is 49.6 Å². The van der Waals surface area contributed by atoms with Crippen LogP contribution in [0.2, 0.25) is 10.0 Å². The Kier molecular flexibility index (Phi) is 4.63. The van der Waals surface area contributed by atoms with Crippen LogP contribution < -0.4 is 20.9 Å². The fourth-order valence-electron chi connectivity index (χ4n) is 1.95. The summed E-state index contributed by atoms with van der Waals surface area (Å²) in [6, 6.07) is 4.79. The summed E-state index contributed by atoms with van der Waals surface area (Å²) < 4.78 is 10.4. The van der Waals surface area contributed by atoms with Crippen LogP contribution in [0.3, 0.4) is 0 Å². The van der Waals surface area contributed by atoms with Crippen molar-refractivity contribution in [3.8, 4) is 22.8 Å². The van der Waals surface area contributed by atoms with Crippen molar-refractivity contribution in [1.82, 2.24) is 4.98 Å². The van der Waals surface area contributed by atoms with E-state index in [2.05, 4.69) is 4.98 Å². The Morgan fingerprint density at radius 2 is 1.68 bits per heavy atom. The molecule has 5 N–H and O–H groups in total. The van der Waals surface area contributed by atoms with Crippen LogP contribution in [-0.2, 0) is 0 Å². The first-order valence-corrected chi connectivity index (χ1v) is 6.87. The molecule has 2 aromatic rings. The number of methoxy groups -OCH3 is 2. The molecular weight excluding hydrogens is 327 g/mol. The van der Waals surface area contributed by atoms with Crippen molar-refractivity contribution in [2.24, 2.45) is 5.73 Å². The van der Waals surface area contributed by atoms with Crippen LogP contribution in [-0.4, -0.2) is 25.0 Å². The van der Waals surface area contributed by atoms with Gasteiger partial charge in [0.2, 0.25) is 0 Å². The van der Waals surface area contributed by atoms with E-state index in [-0.39, 0.29) is 21.7 Å². The summed E-state index contributed by atoms with van der Waals surface area (Å²) in [7, 11) is 2.97. The van der Waals surface area contributed by atoms with E-state index < -0.39 is 0 Å². The quantitative estimate of drug-likeness (QED) is 0.585. The van der Waals surface area contributed by atoms with Crippen LogP contribution in [0, 0.1) is 5.41 Å². The molecule has 0 unspecified atom stereocenters. The second-order valence-corrected chi connectivity index (χ2v) is 5.08. The Balaban J connectivity index is 2.71. The zero-order chi connectivity index (χ0) is 16.4. The predicted octanol–water partition coefficient (Wildman–Crippen LogP) is 2.94. The van der Waals surface area contributed by atoms with Gasteiger partial charge in [-0.3, -0.25) is 5.41 Å². The Labute approximate surface area is 137 Å². The molecule has 0 saturated heterocycles. The number of nitrogens with one attached hydrogen (secondary N) is 1. The molecule has 1 aromatic heterocycles. The number of nitrogens with zero attached hydrogens (tertiary/aromatic N) is 1. The summed E-state index contributed by atoms with van der Waals surface area (Å²) in [5, 5.41) is 8.00. The minimum absolute atomic E-state index is 0.110. The monoisotopic (exact) mass is 340 g/mol. The SMILES string of the molecule is COc1cc(OC)c(Cl)c(-c2ccc(C(=N)N)c(N)n2)c1Cl. The molecule has 0 aliphatic carbocycles. The van der Waals surface area contributed by atoms with Gasteiger partial charge in [0.15, 0.2) is 0 Å². The van der Waals surface area contributed by atoms with Crippen molar-refractivity contribution < 1.29 is 9.47 Å². The fourth-order valence-corrected chi connectivity index (χ4v) is 2.65. The zero-order valence-corrected chi connectivity index (χ0v) is 13.4. The standard InChI is InChI=1S/C14H14Cl2N4O2/c1-21-8-5-9(22-2)12(16)10(11(8)15)7-4-3-6(13(17)18)14(19)20-7/h3-5H,1-2H3,(H3,17,18)(H2,19,20). The molecule has 2 rings (SSSR count). The van der Waals surface area contributed by atoms with E-state index in [0.717, 1.165) is 0 Å². The van der Waals surface area contributed by atoms with Gasteiger partial charge in [-0.05, 0) is 12.1 Å². The summed E-state index contributed by atoms with van der Waals surface area (Å²) in [6.45, 7) is 0. The third-order valence-electron chi connectivity index (χ3n) is 3.04. The number of amidine groups is 1. The summed E-state index contributed by atoms with van der Waals surface area (Å²) in [4.78, 5) is 4.21. The normalized spacial score (nSPS) is 10.4. The molecule has 1 aromatic carbocycles. The number of nitrogens with two attached hydrogens (primary N) is 2. The number of hydrogen-bond acceptors (Lipinski definition) is 5. The van der Waals surface area contributed by atoms with Crippen LogP contribution in [0.25, 0.3) is 11.3 Å². The van der Waals surface area contributed by atoms with Crippen molar-refractivity contribution in [2.75, 3.05) is 20.0 Å². The van der Waals surface area contributed by atoms with Crippen molar-refractivity contribution in [1.29, 1.82) is 5.41 Å². The number of ether oxygens (including phenoxy) is 2. The molecule has 0 aliphatic rings. The van der Waals surface area contributed by atoms with E-state index in [1.165, 1.54) is 14.2 Å². The third kappa shape index (κ3) is 2.75. The highest BCUT2D eigenvalue weighted by atomic mass is 35.5. The Hall–Kier alpha value is -2.18. The van der Waals surface area contributed by atoms with Crippen LogP contribution in [0.1, 0.15) is 5.56 Å². The van der Waals surface area contributed by atoms with Crippen molar-refractivity contribution in [3.63, 3.8) is 0 Å². The lowest BCUT2D eigenvalue weighted by Gasteiger charge is -2.15. The van der Waals surface area contributed by atoms with Gasteiger partial charge in [0.25, 0.3) is 0 Å². The Morgan fingerprint density at radius 1 is 1.14 bits per heavy atom. The second kappa shape index (κ2) is 6.29. The van der Waals surface area contributed by atoms with Gasteiger partial charge in [-0.15, -0.1) is 0 Å². The molecular formula is C14H14Cl2N4O2. The van der Waals surface area contributed by atoms with Gasteiger partial charge in [0.1, 0.15) is 23.2 Å². The number of pyridine rings is 1. The average Bonchev–Trinajstić information content (AvgIpc) is 2.47. The molecule has 116 valence electrons. The minimum Gasteiger partial charge on any atom is -0.495 e. The molecule has 0 radical (unpaired) electrons. The topological polar surface area (TPSA) is 107 Å². The van der Waals surface area contributed by atoms with E-state index in [1.54, 1.807) is 18.2 Å². The molecule has 0 amide bonds. The zero-order valence-electron chi connectivity index (χ0n) is 11.9. The van der Waals surface area contributed by atoms with Crippen LogP contribution in [0.5, 0.6) is 11.5 Å². The van der Waals surface area contributed by atoms with Gasteiger partial charge in [0, 0.05) is 11.6 Å². The van der Waals surface area contributed by atoms with E-state index in [0.29, 0.717) is 28.3 Å². The molecule has 0 bridgehead atoms. The molecule has 6 nitrogen and oxygen atoms in total. The van der Waals surface area contributed by atoms with Gasteiger partial charge in [-0.1, -0.05) is 23.2 Å². The van der Waals surface area contributed by atoms with Crippen LogP contribution in [0.15, 0.2) is 18.2 Å². The molecule has 0 spiro atoms. The largest absolute Gasteiger partial charge is 0.495 e. The highest BCUT2D eigenvalue weighted by Crippen LogP contribution is 2.45. The molecule has 22 heavy (non-hydrogen) atoms. The van der Waals surface area contributed by atoms with Crippen molar-refractivity contribution >= 4 is 34.9 Å². The first-order chi connectivity index (χ1) is 10.4. The first kappa shape index (κ1) is 16.2. The van der Waals surface area contributed by atoms with Crippen molar-refractivity contribution in [2.45, 2.75) is 0 Å². The summed E-state index contributed by atoms with van der Waals surface area (Å²) in [5.41, 5.74) is 12.4. The van der Waals surface area contributed by atoms with E-state index in [1.807, 2.05) is 0 Å². The Morgan fingerprint density at radius 3 is 2.09 bits per heavy atom. The van der Waals surface area contributed by atoms with Gasteiger partial charge < -0.3 is 20.9 Å². The predicted molar refractivity (Wildman–Crippen MR) is 88.2 cm³/mol. The minimum atomic E-state index is -0.169. The average molecular weight is 341 g/mol. The van der Waals surface area contributed by atoms with E-state index >= 15 is 0 Å². The van der Waals surface area contributed by atoms with Crippen LogP contribution >= 0.6 is 23.2 Å². The smallest absolute Gasteiger partial charge is 0.141 e. The van der Waals surface area contributed by atoms with Crippen molar-refractivity contribution in [3.05, 3.63) is 33.8 Å². The number of aromatic nitrogens is 1. The van der Waals surface area contributed by atoms with Gasteiger partial charge >= 0.3 is 0 Å². The van der Waals surface area contributed by atoms with E-state index in [9.17, 15) is 0 Å². The molecule has 0 fully saturated rings. The van der Waals surface area contributed by atoms with Crippen LogP contribution in [0.4, 0.5) is 5.82 Å². The maximum absolute atomic E-state index is 7.43. The lowest BCUT2D eigenvalue weighted by atomic mass is 10.1. The number of hydrogen-bond donors (Lipinski definition) is 3. The maximum atomic E-state index is 7.43. The lowest BCUT2D eigenvalue weighted by molar-refractivity contribution is 0.395. The highest BCUT2D eigenvalue weighted by Gasteiger charge is 2.20. The van der Waals surface area contributed by atoms with Gasteiger partial charge in [-0.25, -0.2) is 4.98 Å². The lowest BCUT2D eigenvalue weighted by Crippen LogP contribution is -2.14. The second-order valence-electron chi connectivity index (χ2n) is 4.33. The van der Waals surface area contributed by atoms with Gasteiger partial charge in [0.05, 0.1) is 35.5 Å². The van der Waals surface area contributed by atoms with Gasteiger partial charge in [-0.2, -0.15) is 0 Å². The third-order valence-corrected chi connectivity index (χ3v) is 3.80. The molecule has 1 heterocycles. The first-order valence-electron chi connectivity index (χ1n) is 6.12. The molecule has 8 heteroatoms. The maximum Gasteiger partial charge on any atom is 0.141 e. The number of anilines is 1. The number of benzene rings is 1. The number of rotatable bonds is 4. The molecule has 0 atom stereocenters. The number of halogens is 2. The number of nitrogen functional groups attached to an aromatic ring is 2. The molecule has 0 saturated carbocycles. The summed E-state index contributed by atoms with van der Waals surface area (Å²) >= 11 is 12.6. The fraction of sp³-hybridized carbons (Fsp3) is 0.143.